The first-order chi connectivity index (χ1) is 28.2. The fourth-order valence-corrected chi connectivity index (χ4v) is 8.40. The number of carbonyl (C=O) groups excluding carboxylic acids is 5. The molecule has 5 rings (SSSR count). The van der Waals surface area contributed by atoms with Crippen molar-refractivity contribution in [2.75, 3.05) is 45.9 Å². The van der Waals surface area contributed by atoms with Gasteiger partial charge in [0.25, 0.3) is 0 Å². The highest BCUT2D eigenvalue weighted by Gasteiger charge is 2.54. The first kappa shape index (κ1) is 46.3. The Labute approximate surface area is 353 Å². The zero-order chi connectivity index (χ0) is 43.9. The summed E-state index contributed by atoms with van der Waals surface area (Å²) in [6.45, 7) is 21.1. The first-order valence-electron chi connectivity index (χ1n) is 20.9. The highest BCUT2D eigenvalue weighted by atomic mass is 16.7. The molecular weight excluding hydrogens is 775 g/mol. The van der Waals surface area contributed by atoms with Gasteiger partial charge in [-0.3, -0.25) is 19.2 Å². The summed E-state index contributed by atoms with van der Waals surface area (Å²) in [7, 11) is 0. The van der Waals surface area contributed by atoms with Crippen molar-refractivity contribution in [2.45, 2.75) is 131 Å². The molecule has 4 aliphatic heterocycles. The molecular formula is C45H63N3O12. The summed E-state index contributed by atoms with van der Waals surface area (Å²) in [5.74, 6) is -2.36. The summed E-state index contributed by atoms with van der Waals surface area (Å²) in [6, 6.07) is 6.34. The average molecular weight is 838 g/mol. The smallest absolute Gasteiger partial charge is 0.410 e. The van der Waals surface area contributed by atoms with E-state index in [1.165, 1.54) is 27.7 Å². The molecule has 5 atom stereocenters. The second-order valence-corrected chi connectivity index (χ2v) is 17.7. The van der Waals surface area contributed by atoms with Crippen molar-refractivity contribution in [3.8, 4) is 0 Å². The Bertz CT molecular complexity index is 1860. The predicted molar refractivity (Wildman–Crippen MR) is 222 cm³/mol. The number of nitrogens with zero attached hydrogens (tertiary/aromatic N) is 3. The molecule has 1 spiro atoms. The number of piperidine rings is 1. The molecule has 3 saturated heterocycles. The van der Waals surface area contributed by atoms with Crippen LogP contribution >= 0.6 is 0 Å². The first-order valence-corrected chi connectivity index (χ1v) is 20.9. The SMILES string of the molecule is CC(=O)OC[C@H]1O[C@@H](OC2=NCC(C(C)C)=C2Cc2ccc(/C=C/CCN3CC4(CCCN(C(=O)OC(C)(C)C)C4)C3)cc2C)[C@H](OC(C)=O)[C@@H](OC(C)=O)[C@@H]1OC(C)=O. The third-order valence-corrected chi connectivity index (χ3v) is 11.0. The van der Waals surface area contributed by atoms with Crippen LogP contribution in [0.3, 0.4) is 0 Å². The van der Waals surface area contributed by atoms with Crippen molar-refractivity contribution in [1.29, 1.82) is 0 Å². The van der Waals surface area contributed by atoms with E-state index in [0.717, 1.165) is 79.8 Å². The molecule has 60 heavy (non-hydrogen) atoms. The van der Waals surface area contributed by atoms with Crippen LogP contribution in [0.15, 0.2) is 40.4 Å². The Hall–Kier alpha value is -4.76. The summed E-state index contributed by atoms with van der Waals surface area (Å²) >= 11 is 0. The zero-order valence-electron chi connectivity index (χ0n) is 36.9. The van der Waals surface area contributed by atoms with E-state index >= 15 is 0 Å². The quantitative estimate of drug-likeness (QED) is 0.174. The van der Waals surface area contributed by atoms with E-state index in [1.54, 1.807) is 0 Å². The van der Waals surface area contributed by atoms with Gasteiger partial charge in [-0.15, -0.1) is 0 Å². The number of likely N-dealkylation sites (tertiary alicyclic amines) is 2. The number of esters is 4. The van der Waals surface area contributed by atoms with Crippen LogP contribution < -0.4 is 0 Å². The highest BCUT2D eigenvalue weighted by molar-refractivity contribution is 5.97. The number of hydrogen-bond acceptors (Lipinski definition) is 14. The molecule has 0 N–H and O–H groups in total. The van der Waals surface area contributed by atoms with Gasteiger partial charge >= 0.3 is 30.0 Å². The molecule has 0 aromatic heterocycles. The Morgan fingerprint density at radius 3 is 2.22 bits per heavy atom. The van der Waals surface area contributed by atoms with Gasteiger partial charge in [0.15, 0.2) is 12.2 Å². The van der Waals surface area contributed by atoms with E-state index < -0.39 is 60.2 Å². The molecule has 1 aromatic rings. The Kier molecular flexibility index (Phi) is 15.2. The Morgan fingerprint density at radius 2 is 1.60 bits per heavy atom. The number of aryl methyl sites for hydroxylation is 1. The minimum absolute atomic E-state index is 0.131. The number of benzene rings is 1. The molecule has 0 saturated carbocycles. The number of amides is 1. The number of ether oxygens (including phenoxy) is 7. The minimum Gasteiger partial charge on any atom is -0.463 e. The maximum absolute atomic E-state index is 12.7. The van der Waals surface area contributed by atoms with Gasteiger partial charge in [0, 0.05) is 77.8 Å². The van der Waals surface area contributed by atoms with E-state index in [1.807, 2.05) is 25.7 Å². The summed E-state index contributed by atoms with van der Waals surface area (Å²) in [4.78, 5) is 70.5. The van der Waals surface area contributed by atoms with Crippen LogP contribution in [-0.4, -0.2) is 128 Å². The molecule has 1 amide bonds. The molecule has 0 aliphatic carbocycles. The van der Waals surface area contributed by atoms with E-state index in [4.69, 9.17) is 38.2 Å². The van der Waals surface area contributed by atoms with Crippen molar-refractivity contribution in [2.24, 2.45) is 16.3 Å². The number of carbonyl (C=O) groups is 5. The lowest BCUT2D eigenvalue weighted by atomic mass is 9.73. The van der Waals surface area contributed by atoms with E-state index in [0.29, 0.717) is 13.0 Å². The van der Waals surface area contributed by atoms with Crippen molar-refractivity contribution in [3.63, 3.8) is 0 Å². The Balaban J connectivity index is 1.24. The molecule has 1 aromatic carbocycles. The minimum atomic E-state index is -1.38. The lowest BCUT2D eigenvalue weighted by molar-refractivity contribution is -0.291. The maximum Gasteiger partial charge on any atom is 0.410 e. The van der Waals surface area contributed by atoms with Crippen LogP contribution in [0.25, 0.3) is 6.08 Å². The Morgan fingerprint density at radius 1 is 0.933 bits per heavy atom. The average Bonchev–Trinajstić information content (AvgIpc) is 3.52. The molecule has 4 heterocycles. The van der Waals surface area contributed by atoms with Crippen LogP contribution in [-0.2, 0) is 58.8 Å². The van der Waals surface area contributed by atoms with Crippen molar-refractivity contribution < 1.29 is 57.1 Å². The van der Waals surface area contributed by atoms with E-state index in [-0.39, 0.29) is 29.9 Å². The number of rotatable bonds is 13. The molecule has 0 unspecified atom stereocenters. The second-order valence-electron chi connectivity index (χ2n) is 17.7. The summed E-state index contributed by atoms with van der Waals surface area (Å²) in [5.41, 5.74) is 4.82. The molecule has 330 valence electrons. The van der Waals surface area contributed by atoms with Gasteiger partial charge in [-0.1, -0.05) is 44.2 Å². The molecule has 4 aliphatic rings. The van der Waals surface area contributed by atoms with Gasteiger partial charge in [-0.05, 0) is 75.1 Å². The fraction of sp³-hybridized carbons (Fsp3) is 0.644. The second kappa shape index (κ2) is 19.7. The van der Waals surface area contributed by atoms with Crippen LogP contribution in [0.4, 0.5) is 4.79 Å². The van der Waals surface area contributed by atoms with E-state index in [9.17, 15) is 24.0 Å². The van der Waals surface area contributed by atoms with Crippen molar-refractivity contribution in [1.82, 2.24) is 9.80 Å². The van der Waals surface area contributed by atoms with Gasteiger partial charge in [0.2, 0.25) is 18.3 Å². The maximum atomic E-state index is 12.7. The normalized spacial score (nSPS) is 24.2. The monoisotopic (exact) mass is 837 g/mol. The third kappa shape index (κ3) is 12.4. The van der Waals surface area contributed by atoms with Crippen LogP contribution in [0, 0.1) is 18.3 Å². The zero-order valence-corrected chi connectivity index (χ0v) is 36.9. The van der Waals surface area contributed by atoms with Crippen LogP contribution in [0.5, 0.6) is 0 Å². The number of aliphatic imine (C=N–C) groups is 1. The highest BCUT2D eigenvalue weighted by Crippen LogP contribution is 2.40. The predicted octanol–water partition coefficient (Wildman–Crippen LogP) is 5.74. The summed E-state index contributed by atoms with van der Waals surface area (Å²) in [5, 5.41) is 0. The standard InChI is InChI=1S/C45H63N3O12/c1-27(2)36-22-46-41(59-42-40(57-32(7)52)39(56-31(6)51)38(55-30(5)50)37(58-42)23-54-29(4)49)35(36)21-34-16-15-33(20-28(34)3)14-11-12-18-47-24-45(25-47)17-13-19-48(26-45)43(53)60-44(8,9)10/h11,14-16,20,27,37-40,42H,12-13,17-19,21-26H2,1-10H3/b14-11+/t37-,38-,39+,40-,42+/m1/s1. The lowest BCUT2D eigenvalue weighted by Gasteiger charge is -2.54. The van der Waals surface area contributed by atoms with Gasteiger partial charge < -0.3 is 43.0 Å². The largest absolute Gasteiger partial charge is 0.463 e. The van der Waals surface area contributed by atoms with Gasteiger partial charge in [0.1, 0.15) is 18.3 Å². The van der Waals surface area contributed by atoms with Crippen molar-refractivity contribution >= 4 is 41.9 Å². The van der Waals surface area contributed by atoms with Gasteiger partial charge in [0.05, 0.1) is 6.54 Å². The number of hydrogen-bond donors (Lipinski definition) is 0. The van der Waals surface area contributed by atoms with Crippen molar-refractivity contribution in [3.05, 3.63) is 52.1 Å². The van der Waals surface area contributed by atoms with Gasteiger partial charge in [-0.25, -0.2) is 9.79 Å². The van der Waals surface area contributed by atoms with Crippen LogP contribution in [0.2, 0.25) is 0 Å². The molecule has 15 heteroatoms. The topological polar surface area (TPSA) is 169 Å². The third-order valence-electron chi connectivity index (χ3n) is 11.0. The lowest BCUT2D eigenvalue weighted by Crippen LogP contribution is -2.63. The van der Waals surface area contributed by atoms with Crippen LogP contribution in [0.1, 0.15) is 98.3 Å². The molecule has 0 bridgehead atoms. The summed E-state index contributed by atoms with van der Waals surface area (Å²) < 4.78 is 40.2. The molecule has 15 nitrogen and oxygen atoms in total. The molecule has 3 fully saturated rings. The molecule has 0 radical (unpaired) electrons. The van der Waals surface area contributed by atoms with Gasteiger partial charge in [-0.2, -0.15) is 0 Å². The fourth-order valence-electron chi connectivity index (χ4n) is 8.40. The van der Waals surface area contributed by atoms with E-state index in [2.05, 4.69) is 56.0 Å². The summed E-state index contributed by atoms with van der Waals surface area (Å²) in [6.07, 6.45) is 1.14.